The number of aromatic amines is 1. The molecule has 6 heteroatoms. The number of hydrogen-bond acceptors (Lipinski definition) is 5. The van der Waals surface area contributed by atoms with Gasteiger partial charge in [-0.05, 0) is 12.0 Å². The summed E-state index contributed by atoms with van der Waals surface area (Å²) in [6, 6.07) is 1.83. The van der Waals surface area contributed by atoms with Crippen molar-refractivity contribution in [1.82, 2.24) is 15.2 Å². The molecule has 2 N–H and O–H groups in total. The van der Waals surface area contributed by atoms with Crippen LogP contribution in [-0.4, -0.2) is 21.7 Å². The number of nitrogens with zero attached hydrogens (tertiary/aromatic N) is 2. The molecule has 2 rings (SSSR count). The van der Waals surface area contributed by atoms with E-state index in [9.17, 15) is 4.79 Å². The van der Waals surface area contributed by atoms with Crippen LogP contribution in [-0.2, 0) is 5.41 Å². The van der Waals surface area contributed by atoms with Gasteiger partial charge in [-0.1, -0.05) is 34.6 Å². The van der Waals surface area contributed by atoms with Crippen LogP contribution in [0.1, 0.15) is 40.3 Å². The Morgan fingerprint density at radius 2 is 2.10 bits per heavy atom. The van der Waals surface area contributed by atoms with Gasteiger partial charge in [-0.25, -0.2) is 10.1 Å². The van der Waals surface area contributed by atoms with Crippen LogP contribution in [0.25, 0.3) is 11.3 Å². The first kappa shape index (κ1) is 15.7. The molecule has 0 aliphatic carbocycles. The number of thiazole rings is 1. The molecule has 2 aromatic rings. The number of rotatable bonds is 4. The lowest BCUT2D eigenvalue weighted by Gasteiger charge is -2.17. The molecule has 0 aliphatic rings. The topological polar surface area (TPSA) is 70.7 Å². The average molecular weight is 306 g/mol. The fourth-order valence-corrected chi connectivity index (χ4v) is 2.47. The summed E-state index contributed by atoms with van der Waals surface area (Å²) >= 11 is 1.51. The minimum atomic E-state index is -0.205. The molecule has 0 bridgehead atoms. The van der Waals surface area contributed by atoms with E-state index >= 15 is 0 Å². The summed E-state index contributed by atoms with van der Waals surface area (Å²) in [7, 11) is 0. The molecule has 114 valence electrons. The standard InChI is InChI=1S/C15H22N4OS/c1-9(2)7-16-14-17-11(8-21-14)10-6-12(15(3,4)5)18-19-13(10)20/h6,8-9H,7H2,1-5H3,(H,16,17)(H,19,20). The van der Waals surface area contributed by atoms with Crippen molar-refractivity contribution in [2.24, 2.45) is 5.92 Å². The molecule has 5 nitrogen and oxygen atoms in total. The molecule has 0 aliphatic heterocycles. The van der Waals surface area contributed by atoms with Crippen LogP contribution in [0.2, 0.25) is 0 Å². The molecule has 0 aromatic carbocycles. The largest absolute Gasteiger partial charge is 0.361 e. The number of hydrogen-bond donors (Lipinski definition) is 2. The highest BCUT2D eigenvalue weighted by Gasteiger charge is 2.19. The summed E-state index contributed by atoms with van der Waals surface area (Å²) in [5.41, 5.74) is 1.79. The van der Waals surface area contributed by atoms with Gasteiger partial charge in [0.05, 0.1) is 17.0 Å². The second-order valence-corrected chi connectivity index (χ2v) is 7.42. The maximum absolute atomic E-state index is 12.0. The van der Waals surface area contributed by atoms with E-state index < -0.39 is 0 Å². The van der Waals surface area contributed by atoms with Crippen molar-refractivity contribution < 1.29 is 0 Å². The van der Waals surface area contributed by atoms with Crippen LogP contribution in [0.3, 0.4) is 0 Å². The van der Waals surface area contributed by atoms with E-state index in [2.05, 4.69) is 55.1 Å². The summed E-state index contributed by atoms with van der Waals surface area (Å²) in [4.78, 5) is 16.5. The molecule has 0 fully saturated rings. The maximum Gasteiger partial charge on any atom is 0.273 e. The first-order valence-corrected chi connectivity index (χ1v) is 7.95. The van der Waals surface area contributed by atoms with Crippen molar-refractivity contribution >= 4 is 16.5 Å². The van der Waals surface area contributed by atoms with Gasteiger partial charge in [-0.15, -0.1) is 11.3 Å². The van der Waals surface area contributed by atoms with E-state index in [1.165, 1.54) is 11.3 Å². The maximum atomic E-state index is 12.0. The Morgan fingerprint density at radius 1 is 1.38 bits per heavy atom. The van der Waals surface area contributed by atoms with Gasteiger partial charge < -0.3 is 5.32 Å². The quantitative estimate of drug-likeness (QED) is 0.909. The van der Waals surface area contributed by atoms with Crippen molar-refractivity contribution in [2.75, 3.05) is 11.9 Å². The zero-order chi connectivity index (χ0) is 15.6. The van der Waals surface area contributed by atoms with Crippen molar-refractivity contribution in [3.63, 3.8) is 0 Å². The Kier molecular flexibility index (Phi) is 4.46. The second kappa shape index (κ2) is 5.97. The minimum Gasteiger partial charge on any atom is -0.361 e. The van der Waals surface area contributed by atoms with Crippen LogP contribution in [0.4, 0.5) is 5.13 Å². The summed E-state index contributed by atoms with van der Waals surface area (Å²) in [5.74, 6) is 0.550. The lowest BCUT2D eigenvalue weighted by Crippen LogP contribution is -2.20. The van der Waals surface area contributed by atoms with E-state index in [0.29, 0.717) is 17.2 Å². The number of anilines is 1. The van der Waals surface area contributed by atoms with Crippen LogP contribution >= 0.6 is 11.3 Å². The Balaban J connectivity index is 2.32. The monoisotopic (exact) mass is 306 g/mol. The summed E-state index contributed by atoms with van der Waals surface area (Å²) in [5, 5.41) is 12.7. The molecular formula is C15H22N4OS. The smallest absolute Gasteiger partial charge is 0.273 e. The van der Waals surface area contributed by atoms with E-state index in [1.807, 2.05) is 11.4 Å². The molecule has 0 saturated heterocycles. The lowest BCUT2D eigenvalue weighted by molar-refractivity contribution is 0.557. The predicted octanol–water partition coefficient (Wildman–Crippen LogP) is 3.26. The third-order valence-corrected chi connectivity index (χ3v) is 3.81. The highest BCUT2D eigenvalue weighted by atomic mass is 32.1. The number of H-pyrrole nitrogens is 1. The normalized spacial score (nSPS) is 11.9. The highest BCUT2D eigenvalue weighted by Crippen LogP contribution is 2.26. The molecule has 2 heterocycles. The molecule has 0 unspecified atom stereocenters. The Hall–Kier alpha value is -1.69. The number of nitrogens with one attached hydrogen (secondary N) is 2. The van der Waals surface area contributed by atoms with Crippen LogP contribution in [0.15, 0.2) is 16.2 Å². The zero-order valence-corrected chi connectivity index (χ0v) is 14.0. The number of aromatic nitrogens is 3. The second-order valence-electron chi connectivity index (χ2n) is 6.56. The third-order valence-electron chi connectivity index (χ3n) is 3.01. The van der Waals surface area contributed by atoms with E-state index in [0.717, 1.165) is 17.4 Å². The molecule has 2 aromatic heterocycles. The third kappa shape index (κ3) is 3.91. The van der Waals surface area contributed by atoms with Crippen molar-refractivity contribution in [3.8, 4) is 11.3 Å². The molecule has 0 amide bonds. The van der Waals surface area contributed by atoms with E-state index in [-0.39, 0.29) is 11.0 Å². The SMILES string of the molecule is CC(C)CNc1nc(-c2cc(C(C)(C)C)n[nH]c2=O)cs1. The Bertz CT molecular complexity index is 667. The minimum absolute atomic E-state index is 0.117. The molecule has 0 spiro atoms. The predicted molar refractivity (Wildman–Crippen MR) is 88.0 cm³/mol. The van der Waals surface area contributed by atoms with Gasteiger partial charge in [0.25, 0.3) is 5.56 Å². The Labute approximate surface area is 128 Å². The van der Waals surface area contributed by atoms with E-state index in [4.69, 9.17) is 0 Å². The fraction of sp³-hybridized carbons (Fsp3) is 0.533. The highest BCUT2D eigenvalue weighted by molar-refractivity contribution is 7.14. The van der Waals surface area contributed by atoms with Gasteiger partial charge in [0, 0.05) is 17.3 Å². The zero-order valence-electron chi connectivity index (χ0n) is 13.2. The first-order chi connectivity index (χ1) is 9.77. The van der Waals surface area contributed by atoms with Gasteiger partial charge in [0.15, 0.2) is 5.13 Å². The van der Waals surface area contributed by atoms with Gasteiger partial charge in [-0.3, -0.25) is 4.79 Å². The first-order valence-electron chi connectivity index (χ1n) is 7.07. The van der Waals surface area contributed by atoms with Gasteiger partial charge >= 0.3 is 0 Å². The average Bonchev–Trinajstić information content (AvgIpc) is 2.84. The lowest BCUT2D eigenvalue weighted by atomic mass is 9.91. The molecule has 0 saturated carbocycles. The summed E-state index contributed by atoms with van der Waals surface area (Å²) in [6.07, 6.45) is 0. The van der Waals surface area contributed by atoms with Crippen molar-refractivity contribution in [2.45, 2.75) is 40.0 Å². The van der Waals surface area contributed by atoms with Crippen molar-refractivity contribution in [1.29, 1.82) is 0 Å². The van der Waals surface area contributed by atoms with Gasteiger partial charge in [0.1, 0.15) is 0 Å². The van der Waals surface area contributed by atoms with Crippen molar-refractivity contribution in [3.05, 3.63) is 27.5 Å². The fourth-order valence-electron chi connectivity index (χ4n) is 1.75. The molecule has 21 heavy (non-hydrogen) atoms. The molecular weight excluding hydrogens is 284 g/mol. The van der Waals surface area contributed by atoms with E-state index in [1.54, 1.807) is 0 Å². The summed E-state index contributed by atoms with van der Waals surface area (Å²) < 4.78 is 0. The van der Waals surface area contributed by atoms with Crippen LogP contribution in [0.5, 0.6) is 0 Å². The van der Waals surface area contributed by atoms with Gasteiger partial charge in [-0.2, -0.15) is 5.10 Å². The summed E-state index contributed by atoms with van der Waals surface area (Å²) in [6.45, 7) is 11.3. The van der Waals surface area contributed by atoms with Gasteiger partial charge in [0.2, 0.25) is 0 Å². The van der Waals surface area contributed by atoms with Crippen LogP contribution < -0.4 is 10.9 Å². The molecule has 0 atom stereocenters. The molecule has 0 radical (unpaired) electrons. The Morgan fingerprint density at radius 3 is 2.71 bits per heavy atom. The van der Waals surface area contributed by atoms with Crippen LogP contribution in [0, 0.1) is 5.92 Å².